The van der Waals surface area contributed by atoms with Gasteiger partial charge >= 0.3 is 0 Å². The molecule has 7 nitrogen and oxygen atoms in total. The van der Waals surface area contributed by atoms with Crippen molar-refractivity contribution in [2.75, 3.05) is 42.1 Å². The van der Waals surface area contributed by atoms with Crippen molar-refractivity contribution in [3.63, 3.8) is 0 Å². The summed E-state index contributed by atoms with van der Waals surface area (Å²) in [5, 5.41) is 11.7. The third kappa shape index (κ3) is 5.63. The average Bonchev–Trinajstić information content (AvgIpc) is 3.23. The zero-order valence-electron chi connectivity index (χ0n) is 17.5. The highest BCUT2D eigenvalue weighted by Crippen LogP contribution is 2.23. The Morgan fingerprint density at radius 1 is 1.09 bits per heavy atom. The number of piperazine rings is 1. The highest BCUT2D eigenvalue weighted by atomic mass is 32.2. The average molecular weight is 472 g/mol. The van der Waals surface area contributed by atoms with Crippen LogP contribution in [0, 0.1) is 12.7 Å². The van der Waals surface area contributed by atoms with Gasteiger partial charge in [0.05, 0.1) is 5.75 Å². The molecule has 1 aliphatic rings. The van der Waals surface area contributed by atoms with Crippen molar-refractivity contribution in [1.29, 1.82) is 0 Å². The lowest BCUT2D eigenvalue weighted by Crippen LogP contribution is -2.48. The lowest BCUT2D eigenvalue weighted by atomic mass is 10.1. The number of hydrogen-bond acceptors (Lipinski definition) is 7. The number of carbonyl (C=O) groups excluding carboxylic acids is 2. The van der Waals surface area contributed by atoms with Crippen LogP contribution >= 0.6 is 23.1 Å². The van der Waals surface area contributed by atoms with E-state index in [9.17, 15) is 14.0 Å². The summed E-state index contributed by atoms with van der Waals surface area (Å²) >= 11 is 2.84. The summed E-state index contributed by atoms with van der Waals surface area (Å²) in [6, 6.07) is 13.5. The molecular weight excluding hydrogens is 449 g/mol. The molecule has 166 valence electrons. The minimum absolute atomic E-state index is 0.0971. The predicted molar refractivity (Wildman–Crippen MR) is 125 cm³/mol. The number of nitrogens with zero attached hydrogens (tertiary/aromatic N) is 4. The van der Waals surface area contributed by atoms with E-state index in [1.807, 2.05) is 31.2 Å². The molecule has 0 aliphatic carbocycles. The van der Waals surface area contributed by atoms with Gasteiger partial charge in [-0.1, -0.05) is 29.2 Å². The van der Waals surface area contributed by atoms with Crippen molar-refractivity contribution < 1.29 is 14.0 Å². The summed E-state index contributed by atoms with van der Waals surface area (Å²) in [6.07, 6.45) is 0. The van der Waals surface area contributed by atoms with Crippen molar-refractivity contribution in [2.24, 2.45) is 0 Å². The highest BCUT2D eigenvalue weighted by Gasteiger charge is 2.22. The van der Waals surface area contributed by atoms with Crippen LogP contribution in [0.3, 0.4) is 0 Å². The maximum atomic E-state index is 13.4. The van der Waals surface area contributed by atoms with Gasteiger partial charge in [0, 0.05) is 43.1 Å². The van der Waals surface area contributed by atoms with Crippen molar-refractivity contribution >= 4 is 46.3 Å². The second kappa shape index (κ2) is 10.1. The lowest BCUT2D eigenvalue weighted by molar-refractivity contribution is -0.113. The summed E-state index contributed by atoms with van der Waals surface area (Å²) in [5.74, 6) is -0.378. The van der Waals surface area contributed by atoms with Crippen LogP contribution in [0.2, 0.25) is 0 Å². The van der Waals surface area contributed by atoms with Crippen LogP contribution in [0.15, 0.2) is 52.9 Å². The molecule has 1 N–H and O–H groups in total. The van der Waals surface area contributed by atoms with Crippen molar-refractivity contribution in [3.8, 4) is 0 Å². The molecule has 32 heavy (non-hydrogen) atoms. The van der Waals surface area contributed by atoms with Crippen LogP contribution in [0.4, 0.5) is 15.8 Å². The van der Waals surface area contributed by atoms with E-state index in [4.69, 9.17) is 0 Å². The van der Waals surface area contributed by atoms with Gasteiger partial charge in [-0.3, -0.25) is 9.59 Å². The van der Waals surface area contributed by atoms with Gasteiger partial charge in [-0.2, -0.15) is 0 Å². The number of amides is 2. The van der Waals surface area contributed by atoms with Gasteiger partial charge < -0.3 is 15.1 Å². The van der Waals surface area contributed by atoms with Crippen LogP contribution in [-0.4, -0.2) is 58.8 Å². The molecule has 10 heteroatoms. The molecule has 0 spiro atoms. The first-order chi connectivity index (χ1) is 15.5. The number of nitrogens with one attached hydrogen (secondary N) is 1. The van der Waals surface area contributed by atoms with Gasteiger partial charge in [0.25, 0.3) is 5.91 Å². The third-order valence-electron chi connectivity index (χ3n) is 4.99. The quantitative estimate of drug-likeness (QED) is 0.553. The second-order valence-electron chi connectivity index (χ2n) is 7.26. The Kier molecular flexibility index (Phi) is 7.01. The molecule has 0 bridgehead atoms. The predicted octanol–water partition coefficient (Wildman–Crippen LogP) is 3.68. The standard InChI is InChI=1S/C22H22FN5O2S2/c1-15-25-26-22(32-15)31-14-20(29)24-18-5-7-19(8-6-18)27-9-11-28(12-10-27)21(30)16-3-2-4-17(23)13-16/h2-8,13H,9-12,14H2,1H3,(H,24,29). The van der Waals surface area contributed by atoms with E-state index in [2.05, 4.69) is 20.4 Å². The monoisotopic (exact) mass is 471 g/mol. The number of benzene rings is 2. The normalized spacial score (nSPS) is 13.8. The lowest BCUT2D eigenvalue weighted by Gasteiger charge is -2.36. The van der Waals surface area contributed by atoms with Crippen molar-refractivity contribution in [1.82, 2.24) is 15.1 Å². The van der Waals surface area contributed by atoms with Gasteiger partial charge in [0.2, 0.25) is 5.91 Å². The van der Waals surface area contributed by atoms with E-state index < -0.39 is 5.82 Å². The summed E-state index contributed by atoms with van der Waals surface area (Å²) in [7, 11) is 0. The molecule has 1 aliphatic heterocycles. The van der Waals surface area contributed by atoms with Crippen LogP contribution in [0.25, 0.3) is 0 Å². The van der Waals surface area contributed by atoms with E-state index in [-0.39, 0.29) is 17.6 Å². The molecule has 4 rings (SSSR count). The molecule has 0 saturated carbocycles. The summed E-state index contributed by atoms with van der Waals surface area (Å²) in [6.45, 7) is 4.38. The van der Waals surface area contributed by atoms with Crippen molar-refractivity contribution in [3.05, 3.63) is 64.9 Å². The Bertz CT molecular complexity index is 1100. The topological polar surface area (TPSA) is 78.4 Å². The zero-order valence-corrected chi connectivity index (χ0v) is 19.1. The summed E-state index contributed by atoms with van der Waals surface area (Å²) in [4.78, 5) is 28.7. The maximum absolute atomic E-state index is 13.4. The molecule has 2 heterocycles. The van der Waals surface area contributed by atoms with Gasteiger partial charge in [0.1, 0.15) is 10.8 Å². The fraction of sp³-hybridized carbons (Fsp3) is 0.273. The Balaban J connectivity index is 1.26. The Morgan fingerprint density at radius 3 is 2.50 bits per heavy atom. The first kappa shape index (κ1) is 22.2. The number of aryl methyl sites for hydroxylation is 1. The minimum Gasteiger partial charge on any atom is -0.368 e. The number of rotatable bonds is 6. The molecule has 3 aromatic rings. The fourth-order valence-corrected chi connectivity index (χ4v) is 5.00. The minimum atomic E-state index is -0.407. The van der Waals surface area contributed by atoms with E-state index >= 15 is 0 Å². The largest absolute Gasteiger partial charge is 0.368 e. The zero-order chi connectivity index (χ0) is 22.5. The number of halogens is 1. The number of thioether (sulfide) groups is 1. The van der Waals surface area contributed by atoms with Gasteiger partial charge in [-0.25, -0.2) is 4.39 Å². The van der Waals surface area contributed by atoms with Crippen LogP contribution < -0.4 is 10.2 Å². The van der Waals surface area contributed by atoms with E-state index in [1.54, 1.807) is 17.0 Å². The highest BCUT2D eigenvalue weighted by molar-refractivity contribution is 8.01. The van der Waals surface area contributed by atoms with E-state index in [1.165, 1.54) is 35.2 Å². The summed E-state index contributed by atoms with van der Waals surface area (Å²) in [5.41, 5.74) is 2.13. The number of anilines is 2. The molecule has 0 atom stereocenters. The first-order valence-electron chi connectivity index (χ1n) is 10.1. The van der Waals surface area contributed by atoms with Gasteiger partial charge in [0.15, 0.2) is 4.34 Å². The second-order valence-corrected chi connectivity index (χ2v) is 9.66. The molecule has 2 amide bonds. The SMILES string of the molecule is Cc1nnc(SCC(=O)Nc2ccc(N3CCN(C(=O)c4cccc(F)c4)CC3)cc2)s1. The van der Waals surface area contributed by atoms with Crippen LogP contribution in [0.5, 0.6) is 0 Å². The molecular formula is C22H22FN5O2S2. The maximum Gasteiger partial charge on any atom is 0.254 e. The van der Waals surface area contributed by atoms with Gasteiger partial charge in [-0.05, 0) is 49.4 Å². The molecule has 1 saturated heterocycles. The molecule has 1 aromatic heterocycles. The van der Waals surface area contributed by atoms with Gasteiger partial charge in [-0.15, -0.1) is 10.2 Å². The number of aromatic nitrogens is 2. The third-order valence-corrected chi connectivity index (χ3v) is 6.96. The molecule has 2 aromatic carbocycles. The van der Waals surface area contributed by atoms with Crippen molar-refractivity contribution in [2.45, 2.75) is 11.3 Å². The number of carbonyl (C=O) groups is 2. The van der Waals surface area contributed by atoms with E-state index in [0.29, 0.717) is 31.7 Å². The van der Waals surface area contributed by atoms with Crippen LogP contribution in [0.1, 0.15) is 15.4 Å². The smallest absolute Gasteiger partial charge is 0.254 e. The Labute approximate surface area is 193 Å². The molecule has 0 unspecified atom stereocenters. The first-order valence-corrected chi connectivity index (χ1v) is 11.9. The molecule has 0 radical (unpaired) electrons. The summed E-state index contributed by atoms with van der Waals surface area (Å²) < 4.78 is 14.2. The fourth-order valence-electron chi connectivity index (χ4n) is 3.39. The number of hydrogen-bond donors (Lipinski definition) is 1. The van der Waals surface area contributed by atoms with E-state index in [0.717, 1.165) is 20.7 Å². The Hall–Kier alpha value is -2.98. The molecule has 1 fully saturated rings. The Morgan fingerprint density at radius 2 is 1.84 bits per heavy atom. The van der Waals surface area contributed by atoms with Crippen LogP contribution in [-0.2, 0) is 4.79 Å².